The van der Waals surface area contributed by atoms with Gasteiger partial charge in [-0.3, -0.25) is 9.59 Å². The molecule has 0 bridgehead atoms. The van der Waals surface area contributed by atoms with Crippen molar-refractivity contribution in [3.05, 3.63) is 107 Å². The van der Waals surface area contributed by atoms with Crippen LogP contribution in [0, 0.1) is 11.6 Å². The molecule has 0 aliphatic heterocycles. The molecule has 0 saturated carbocycles. The van der Waals surface area contributed by atoms with Gasteiger partial charge in [-0.1, -0.05) is 30.3 Å². The number of nitrogens with one attached hydrogen (secondary N) is 1. The molecule has 27 heavy (non-hydrogen) atoms. The van der Waals surface area contributed by atoms with Crippen molar-refractivity contribution < 1.29 is 18.4 Å². The van der Waals surface area contributed by atoms with Crippen LogP contribution in [0.1, 0.15) is 26.3 Å². The summed E-state index contributed by atoms with van der Waals surface area (Å²) >= 11 is 0. The van der Waals surface area contributed by atoms with E-state index in [0.717, 1.165) is 0 Å². The maximum Gasteiger partial charge on any atom is 0.258 e. The number of anilines is 1. The summed E-state index contributed by atoms with van der Waals surface area (Å²) in [4.78, 5) is 24.3. The van der Waals surface area contributed by atoms with Crippen molar-refractivity contribution in [2.75, 3.05) is 5.32 Å². The van der Waals surface area contributed by atoms with Crippen molar-refractivity contribution in [3.8, 4) is 0 Å². The Kier molecular flexibility index (Phi) is 5.52. The molecule has 0 heterocycles. The van der Waals surface area contributed by atoms with Crippen LogP contribution in [-0.4, -0.2) is 11.7 Å². The van der Waals surface area contributed by atoms with E-state index in [1.807, 2.05) is 0 Å². The number of hydrogen-bond acceptors (Lipinski definition) is 2. The standard InChI is InChI=1S/C22H15F2NO2/c23-17-10-5-15(6-11-17)7-14-21(26)16-8-12-18(13-9-16)25-22(27)19-3-1-2-4-20(19)24/h1-14H,(H,25,27). The molecule has 3 rings (SSSR count). The minimum absolute atomic E-state index is 0.0557. The van der Waals surface area contributed by atoms with Crippen LogP contribution in [0.4, 0.5) is 14.5 Å². The quantitative estimate of drug-likeness (QED) is 0.506. The first-order valence-corrected chi connectivity index (χ1v) is 8.17. The Labute approximate surface area is 155 Å². The van der Waals surface area contributed by atoms with Crippen LogP contribution in [-0.2, 0) is 0 Å². The molecule has 5 heteroatoms. The Morgan fingerprint density at radius 3 is 2.15 bits per heavy atom. The minimum atomic E-state index is -0.604. The van der Waals surface area contributed by atoms with Crippen molar-refractivity contribution >= 4 is 23.5 Å². The highest BCUT2D eigenvalue weighted by molar-refractivity contribution is 6.08. The van der Waals surface area contributed by atoms with Gasteiger partial charge in [-0.25, -0.2) is 8.78 Å². The summed E-state index contributed by atoms with van der Waals surface area (Å²) < 4.78 is 26.5. The predicted molar refractivity (Wildman–Crippen MR) is 101 cm³/mol. The van der Waals surface area contributed by atoms with Crippen LogP contribution < -0.4 is 5.32 Å². The molecule has 0 atom stereocenters. The molecule has 0 radical (unpaired) electrons. The fraction of sp³-hybridized carbons (Fsp3) is 0. The van der Waals surface area contributed by atoms with Gasteiger partial charge in [0.05, 0.1) is 5.56 Å². The Hall–Kier alpha value is -3.60. The Morgan fingerprint density at radius 2 is 1.48 bits per heavy atom. The van der Waals surface area contributed by atoms with Crippen LogP contribution in [0.2, 0.25) is 0 Å². The average molecular weight is 363 g/mol. The molecule has 3 aromatic rings. The van der Waals surface area contributed by atoms with Gasteiger partial charge in [0.1, 0.15) is 11.6 Å². The van der Waals surface area contributed by atoms with Crippen LogP contribution >= 0.6 is 0 Å². The van der Waals surface area contributed by atoms with Crippen LogP contribution in [0.3, 0.4) is 0 Å². The summed E-state index contributed by atoms with van der Waals surface area (Å²) in [7, 11) is 0. The maximum atomic E-state index is 13.6. The van der Waals surface area contributed by atoms with Gasteiger partial charge in [-0.2, -0.15) is 0 Å². The molecule has 0 aromatic heterocycles. The number of hydrogen-bond donors (Lipinski definition) is 1. The normalized spacial score (nSPS) is 10.7. The second kappa shape index (κ2) is 8.19. The van der Waals surface area contributed by atoms with Gasteiger partial charge >= 0.3 is 0 Å². The molecule has 0 spiro atoms. The molecular weight excluding hydrogens is 348 g/mol. The zero-order valence-electron chi connectivity index (χ0n) is 14.2. The van der Waals surface area contributed by atoms with E-state index in [1.54, 1.807) is 48.5 Å². The highest BCUT2D eigenvalue weighted by atomic mass is 19.1. The number of allylic oxidation sites excluding steroid dienone is 1. The molecule has 134 valence electrons. The zero-order valence-corrected chi connectivity index (χ0v) is 14.2. The van der Waals surface area contributed by atoms with E-state index in [2.05, 4.69) is 5.32 Å². The number of rotatable bonds is 5. The van der Waals surface area contributed by atoms with Crippen molar-refractivity contribution in [1.82, 2.24) is 0 Å². The molecule has 1 amide bonds. The van der Waals surface area contributed by atoms with Crippen LogP contribution in [0.15, 0.2) is 78.9 Å². The first-order valence-electron chi connectivity index (χ1n) is 8.17. The lowest BCUT2D eigenvalue weighted by Crippen LogP contribution is -2.13. The van der Waals surface area contributed by atoms with E-state index in [9.17, 15) is 18.4 Å². The third kappa shape index (κ3) is 4.73. The number of amides is 1. The fourth-order valence-corrected chi connectivity index (χ4v) is 2.40. The van der Waals surface area contributed by atoms with E-state index in [0.29, 0.717) is 16.8 Å². The Bertz CT molecular complexity index is 994. The number of carbonyl (C=O) groups excluding carboxylic acids is 2. The van der Waals surface area contributed by atoms with Gasteiger partial charge in [-0.15, -0.1) is 0 Å². The number of carbonyl (C=O) groups is 2. The largest absolute Gasteiger partial charge is 0.322 e. The highest BCUT2D eigenvalue weighted by Gasteiger charge is 2.11. The number of benzene rings is 3. The van der Waals surface area contributed by atoms with E-state index in [4.69, 9.17) is 0 Å². The molecule has 3 aromatic carbocycles. The summed E-state index contributed by atoms with van der Waals surface area (Å²) in [6.07, 6.45) is 2.98. The van der Waals surface area contributed by atoms with Crippen molar-refractivity contribution in [2.24, 2.45) is 0 Å². The first kappa shape index (κ1) is 18.2. The zero-order chi connectivity index (χ0) is 19.2. The second-order valence-corrected chi connectivity index (χ2v) is 5.76. The second-order valence-electron chi connectivity index (χ2n) is 5.76. The monoisotopic (exact) mass is 363 g/mol. The molecule has 3 nitrogen and oxygen atoms in total. The third-order valence-electron chi connectivity index (χ3n) is 3.84. The van der Waals surface area contributed by atoms with Gasteiger partial charge in [0, 0.05) is 11.3 Å². The summed E-state index contributed by atoms with van der Waals surface area (Å²) in [6.45, 7) is 0. The van der Waals surface area contributed by atoms with E-state index in [-0.39, 0.29) is 17.2 Å². The maximum absolute atomic E-state index is 13.6. The topological polar surface area (TPSA) is 46.2 Å². The number of ketones is 1. The van der Waals surface area contributed by atoms with E-state index < -0.39 is 11.7 Å². The van der Waals surface area contributed by atoms with E-state index in [1.165, 1.54) is 36.4 Å². The SMILES string of the molecule is O=C(C=Cc1ccc(F)cc1)c1ccc(NC(=O)c2ccccc2F)cc1. The summed E-state index contributed by atoms with van der Waals surface area (Å²) in [5.41, 5.74) is 1.53. The predicted octanol–water partition coefficient (Wildman–Crippen LogP) is 5.11. The van der Waals surface area contributed by atoms with Crippen LogP contribution in [0.25, 0.3) is 6.08 Å². The Balaban J connectivity index is 1.66. The van der Waals surface area contributed by atoms with Gasteiger partial charge in [0.2, 0.25) is 0 Å². The van der Waals surface area contributed by atoms with Gasteiger partial charge in [0.15, 0.2) is 5.78 Å². The first-order chi connectivity index (χ1) is 13.0. The van der Waals surface area contributed by atoms with Crippen LogP contribution in [0.5, 0.6) is 0 Å². The lowest BCUT2D eigenvalue weighted by Gasteiger charge is -2.06. The molecular formula is C22H15F2NO2. The van der Waals surface area contributed by atoms with Gasteiger partial charge < -0.3 is 5.32 Å². The van der Waals surface area contributed by atoms with Crippen molar-refractivity contribution in [3.63, 3.8) is 0 Å². The van der Waals surface area contributed by atoms with Gasteiger partial charge in [0.25, 0.3) is 5.91 Å². The molecule has 0 unspecified atom stereocenters. The summed E-state index contributed by atoms with van der Waals surface area (Å²) in [5, 5.41) is 2.58. The third-order valence-corrected chi connectivity index (χ3v) is 3.84. The van der Waals surface area contributed by atoms with E-state index >= 15 is 0 Å². The summed E-state index contributed by atoms with van der Waals surface area (Å²) in [6, 6.07) is 17.7. The molecule has 0 fully saturated rings. The molecule has 0 saturated heterocycles. The molecule has 0 aliphatic rings. The summed E-state index contributed by atoms with van der Waals surface area (Å²) in [5.74, 6) is -1.74. The Morgan fingerprint density at radius 1 is 0.815 bits per heavy atom. The smallest absolute Gasteiger partial charge is 0.258 e. The highest BCUT2D eigenvalue weighted by Crippen LogP contribution is 2.14. The molecule has 0 aliphatic carbocycles. The lowest BCUT2D eigenvalue weighted by atomic mass is 10.1. The molecule has 1 N–H and O–H groups in total. The number of halogens is 2. The van der Waals surface area contributed by atoms with Crippen molar-refractivity contribution in [1.29, 1.82) is 0 Å². The van der Waals surface area contributed by atoms with Gasteiger partial charge in [-0.05, 0) is 60.2 Å². The average Bonchev–Trinajstić information content (AvgIpc) is 2.68. The van der Waals surface area contributed by atoms with Crippen molar-refractivity contribution in [2.45, 2.75) is 0 Å². The lowest BCUT2D eigenvalue weighted by molar-refractivity contribution is 0.102. The fourth-order valence-electron chi connectivity index (χ4n) is 2.40. The minimum Gasteiger partial charge on any atom is -0.322 e.